The number of nitrogens with zero attached hydrogens (tertiary/aromatic N) is 2. The summed E-state index contributed by atoms with van der Waals surface area (Å²) in [7, 11) is -4.14. The number of carbonyl (C=O) groups is 2. The molecule has 2 atom stereocenters. The van der Waals surface area contributed by atoms with E-state index >= 15 is 0 Å². The Kier molecular flexibility index (Phi) is 10.7. The van der Waals surface area contributed by atoms with E-state index in [2.05, 4.69) is 21.2 Å². The fraction of sp³-hybridized carbons (Fsp3) is 0.310. The highest BCUT2D eigenvalue weighted by molar-refractivity contribution is 9.10. The Morgan fingerprint density at radius 3 is 2.21 bits per heavy atom. The van der Waals surface area contributed by atoms with Gasteiger partial charge in [0.2, 0.25) is 11.8 Å². The van der Waals surface area contributed by atoms with Crippen molar-refractivity contribution in [2.45, 2.75) is 57.1 Å². The first kappa shape index (κ1) is 30.3. The maximum absolute atomic E-state index is 14.0. The van der Waals surface area contributed by atoms with Gasteiger partial charge in [-0.05, 0) is 67.8 Å². The summed E-state index contributed by atoms with van der Waals surface area (Å²) in [6.45, 7) is 5.07. The van der Waals surface area contributed by atoms with Crippen molar-refractivity contribution < 1.29 is 22.4 Å². The van der Waals surface area contributed by atoms with Crippen LogP contribution in [0.3, 0.4) is 0 Å². The van der Waals surface area contributed by atoms with Gasteiger partial charge < -0.3 is 10.2 Å². The lowest BCUT2D eigenvalue weighted by Crippen LogP contribution is -2.53. The molecule has 3 aromatic carbocycles. The van der Waals surface area contributed by atoms with Crippen LogP contribution in [0.15, 0.2) is 88.2 Å². The standard InChI is InChI=1S/C29H33BrFN3O4S/c1-4-21(3)32-29(36)27(5-2)33(19-22-14-16-24(31)17-15-22)28(35)20-34(25-11-9-10-23(30)18-25)39(37,38)26-12-7-6-8-13-26/h6-18,21,27H,4-5,19-20H2,1-3H3,(H,32,36)/t21-,27+/m1/s1. The molecule has 0 radical (unpaired) electrons. The summed E-state index contributed by atoms with van der Waals surface area (Å²) in [5, 5.41) is 2.93. The van der Waals surface area contributed by atoms with Crippen molar-refractivity contribution in [1.29, 1.82) is 0 Å². The summed E-state index contributed by atoms with van der Waals surface area (Å²) in [5.74, 6) is -1.32. The van der Waals surface area contributed by atoms with E-state index in [1.165, 1.54) is 29.2 Å². The number of halogens is 2. The van der Waals surface area contributed by atoms with Gasteiger partial charge in [-0.2, -0.15) is 0 Å². The molecule has 39 heavy (non-hydrogen) atoms. The number of rotatable bonds is 12. The number of carbonyl (C=O) groups excluding carboxylic acids is 2. The van der Waals surface area contributed by atoms with Crippen LogP contribution in [-0.4, -0.2) is 43.8 Å². The molecule has 0 aliphatic heterocycles. The van der Waals surface area contributed by atoms with Crippen molar-refractivity contribution in [1.82, 2.24) is 10.2 Å². The largest absolute Gasteiger partial charge is 0.352 e. The maximum atomic E-state index is 14.0. The second-order valence-corrected chi connectivity index (χ2v) is 12.0. The topological polar surface area (TPSA) is 86.8 Å². The van der Waals surface area contributed by atoms with Crippen molar-refractivity contribution in [3.8, 4) is 0 Å². The fourth-order valence-electron chi connectivity index (χ4n) is 4.03. The quantitative estimate of drug-likeness (QED) is 0.290. The predicted molar refractivity (Wildman–Crippen MR) is 154 cm³/mol. The van der Waals surface area contributed by atoms with Crippen LogP contribution >= 0.6 is 15.9 Å². The van der Waals surface area contributed by atoms with Gasteiger partial charge in [-0.15, -0.1) is 0 Å². The summed E-state index contributed by atoms with van der Waals surface area (Å²) in [6.07, 6.45) is 1.01. The molecule has 0 aromatic heterocycles. The van der Waals surface area contributed by atoms with Crippen molar-refractivity contribution in [2.24, 2.45) is 0 Å². The highest BCUT2D eigenvalue weighted by Gasteiger charge is 2.34. The Labute approximate surface area is 238 Å². The van der Waals surface area contributed by atoms with Crippen LogP contribution in [0.4, 0.5) is 10.1 Å². The molecule has 7 nitrogen and oxygen atoms in total. The third kappa shape index (κ3) is 7.89. The molecular weight excluding hydrogens is 585 g/mol. The average molecular weight is 619 g/mol. The summed E-state index contributed by atoms with van der Waals surface area (Å²) in [6, 6.07) is 19.2. The Hall–Kier alpha value is -3.24. The average Bonchev–Trinajstić information content (AvgIpc) is 2.92. The molecule has 3 aromatic rings. The van der Waals surface area contributed by atoms with Crippen molar-refractivity contribution in [3.63, 3.8) is 0 Å². The number of sulfonamides is 1. The minimum absolute atomic E-state index is 0.00323. The van der Waals surface area contributed by atoms with Crippen LogP contribution in [0.2, 0.25) is 0 Å². The summed E-state index contributed by atoms with van der Waals surface area (Å²) < 4.78 is 42.8. The summed E-state index contributed by atoms with van der Waals surface area (Å²) in [5.41, 5.74) is 0.903. The van der Waals surface area contributed by atoms with Gasteiger partial charge in [0.1, 0.15) is 18.4 Å². The van der Waals surface area contributed by atoms with Gasteiger partial charge in [-0.3, -0.25) is 13.9 Å². The molecule has 0 bridgehead atoms. The third-order valence-corrected chi connectivity index (χ3v) is 8.64. The first-order valence-corrected chi connectivity index (χ1v) is 15.0. The van der Waals surface area contributed by atoms with E-state index in [0.717, 1.165) is 4.31 Å². The van der Waals surface area contributed by atoms with Gasteiger partial charge in [0, 0.05) is 17.1 Å². The molecular formula is C29H33BrFN3O4S. The molecule has 0 saturated heterocycles. The van der Waals surface area contributed by atoms with E-state index in [4.69, 9.17) is 0 Å². The molecule has 208 valence electrons. The Balaban J connectivity index is 2.04. The number of anilines is 1. The second kappa shape index (κ2) is 13.7. The zero-order chi connectivity index (χ0) is 28.6. The van der Waals surface area contributed by atoms with E-state index in [-0.39, 0.29) is 23.4 Å². The van der Waals surface area contributed by atoms with E-state index < -0.39 is 34.3 Å². The molecule has 3 rings (SSSR count). The molecule has 10 heteroatoms. The molecule has 2 amide bonds. The van der Waals surface area contributed by atoms with E-state index in [1.807, 2.05) is 13.8 Å². The van der Waals surface area contributed by atoms with Crippen LogP contribution < -0.4 is 9.62 Å². The Bertz CT molecular complexity index is 1370. The second-order valence-electron chi connectivity index (χ2n) is 9.19. The first-order valence-electron chi connectivity index (χ1n) is 12.7. The fourth-order valence-corrected chi connectivity index (χ4v) is 5.84. The van der Waals surface area contributed by atoms with Gasteiger partial charge in [0.25, 0.3) is 10.0 Å². The number of nitrogens with one attached hydrogen (secondary N) is 1. The zero-order valence-corrected chi connectivity index (χ0v) is 24.6. The minimum Gasteiger partial charge on any atom is -0.352 e. The molecule has 0 fully saturated rings. The number of hydrogen-bond donors (Lipinski definition) is 1. The smallest absolute Gasteiger partial charge is 0.264 e. The van der Waals surface area contributed by atoms with Crippen LogP contribution in [0, 0.1) is 5.82 Å². The highest BCUT2D eigenvalue weighted by Crippen LogP contribution is 2.27. The van der Waals surface area contributed by atoms with Gasteiger partial charge >= 0.3 is 0 Å². The van der Waals surface area contributed by atoms with Gasteiger partial charge in [-0.25, -0.2) is 12.8 Å². The van der Waals surface area contributed by atoms with Crippen molar-refractivity contribution in [2.75, 3.05) is 10.8 Å². The Morgan fingerprint density at radius 1 is 0.949 bits per heavy atom. The molecule has 0 aliphatic rings. The van der Waals surface area contributed by atoms with E-state index in [1.54, 1.807) is 61.5 Å². The Morgan fingerprint density at radius 2 is 1.62 bits per heavy atom. The van der Waals surface area contributed by atoms with Crippen molar-refractivity contribution >= 4 is 43.5 Å². The predicted octanol–water partition coefficient (Wildman–Crippen LogP) is 5.51. The monoisotopic (exact) mass is 617 g/mol. The maximum Gasteiger partial charge on any atom is 0.264 e. The SMILES string of the molecule is CC[C@@H](C)NC(=O)[C@H](CC)N(Cc1ccc(F)cc1)C(=O)CN(c1cccc(Br)c1)S(=O)(=O)c1ccccc1. The normalized spacial score (nSPS) is 12.8. The zero-order valence-electron chi connectivity index (χ0n) is 22.2. The van der Waals surface area contributed by atoms with Gasteiger partial charge in [0.05, 0.1) is 10.6 Å². The highest BCUT2D eigenvalue weighted by atomic mass is 79.9. The van der Waals surface area contributed by atoms with Crippen LogP contribution in [0.5, 0.6) is 0 Å². The molecule has 0 aliphatic carbocycles. The van der Waals surface area contributed by atoms with Gasteiger partial charge in [0.15, 0.2) is 0 Å². The lowest BCUT2D eigenvalue weighted by atomic mass is 10.1. The van der Waals surface area contributed by atoms with Crippen LogP contribution in [-0.2, 0) is 26.2 Å². The molecule has 0 saturated carbocycles. The van der Waals surface area contributed by atoms with Gasteiger partial charge in [-0.1, -0.05) is 66.2 Å². The van der Waals surface area contributed by atoms with E-state index in [0.29, 0.717) is 28.6 Å². The van der Waals surface area contributed by atoms with Crippen LogP contribution in [0.1, 0.15) is 39.2 Å². The number of benzene rings is 3. The summed E-state index contributed by atoms with van der Waals surface area (Å²) >= 11 is 3.38. The molecule has 1 N–H and O–H groups in total. The number of amides is 2. The summed E-state index contributed by atoms with van der Waals surface area (Å²) in [4.78, 5) is 28.6. The molecule has 0 spiro atoms. The van der Waals surface area contributed by atoms with Crippen molar-refractivity contribution in [3.05, 3.63) is 94.7 Å². The lowest BCUT2D eigenvalue weighted by Gasteiger charge is -2.33. The third-order valence-electron chi connectivity index (χ3n) is 6.36. The number of hydrogen-bond acceptors (Lipinski definition) is 4. The lowest BCUT2D eigenvalue weighted by molar-refractivity contribution is -0.140. The molecule has 0 unspecified atom stereocenters. The van der Waals surface area contributed by atoms with Crippen LogP contribution in [0.25, 0.3) is 0 Å². The molecule has 0 heterocycles. The van der Waals surface area contributed by atoms with E-state index in [9.17, 15) is 22.4 Å². The first-order chi connectivity index (χ1) is 18.6. The minimum atomic E-state index is -4.14.